The summed E-state index contributed by atoms with van der Waals surface area (Å²) in [6.07, 6.45) is 6.01. The van der Waals surface area contributed by atoms with E-state index in [2.05, 4.69) is 49.3 Å². The van der Waals surface area contributed by atoms with Gasteiger partial charge in [0.15, 0.2) is 12.2 Å². The number of carbonyl (C=O) groups is 5. The quantitative estimate of drug-likeness (QED) is 0.0403. The summed E-state index contributed by atoms with van der Waals surface area (Å²) in [5.41, 5.74) is 0. The van der Waals surface area contributed by atoms with Gasteiger partial charge in [-0.05, 0) is 77.0 Å². The molecule has 0 N–H and O–H groups in total. The summed E-state index contributed by atoms with van der Waals surface area (Å²) in [5, 5.41) is 0. The van der Waals surface area contributed by atoms with Crippen molar-refractivity contribution in [2.45, 2.75) is 158 Å². The van der Waals surface area contributed by atoms with Crippen LogP contribution in [0.15, 0.2) is 0 Å². The van der Waals surface area contributed by atoms with Gasteiger partial charge in [0.2, 0.25) is 17.8 Å². The molecule has 0 spiro atoms. The Morgan fingerprint density at radius 2 is 0.683 bits per heavy atom. The smallest absolute Gasteiger partial charge is 0.336 e. The minimum Gasteiger partial charge on any atom is -0.465 e. The number of nitrogens with zero attached hydrogens (tertiary/aromatic N) is 6. The van der Waals surface area contributed by atoms with Crippen molar-refractivity contribution in [1.82, 2.24) is 15.0 Å². The van der Waals surface area contributed by atoms with Crippen molar-refractivity contribution in [2.24, 2.45) is 17.8 Å². The standard InChI is InChI=1S/C46H80N6O11/c1-10-23-50(24-11-2)44-47-45(51(25-12-3)26-13-4)49-46(48-44)52(27-14-5)28-21-19-20-22-33-62-41(55)36-34(39(53)58-29-15-6)35(40(54)59-30-16-7)37(42(56)60-31-17-8)63-38(36)43(57)61-32-18-9/h34-38H,10-33H2,1-9H3. The Labute approximate surface area is 377 Å². The van der Waals surface area contributed by atoms with Gasteiger partial charge in [0.25, 0.3) is 0 Å². The van der Waals surface area contributed by atoms with Gasteiger partial charge in [-0.25, -0.2) is 9.59 Å². The molecule has 0 bridgehead atoms. The number of hydrogen-bond donors (Lipinski definition) is 0. The molecule has 1 aliphatic rings. The first-order valence-electron chi connectivity index (χ1n) is 24.0. The van der Waals surface area contributed by atoms with Crippen molar-refractivity contribution in [2.75, 3.05) is 87.0 Å². The fraction of sp³-hybridized carbons (Fsp3) is 0.826. The third kappa shape index (κ3) is 17.7. The van der Waals surface area contributed by atoms with Crippen LogP contribution in [0.2, 0.25) is 0 Å². The molecule has 0 aliphatic carbocycles. The second-order valence-corrected chi connectivity index (χ2v) is 16.0. The Bertz CT molecular complexity index is 1460. The topological polar surface area (TPSA) is 189 Å². The second-order valence-electron chi connectivity index (χ2n) is 16.0. The molecule has 1 aromatic rings. The van der Waals surface area contributed by atoms with Crippen LogP contribution in [0, 0.1) is 17.8 Å². The van der Waals surface area contributed by atoms with Gasteiger partial charge in [-0.15, -0.1) is 0 Å². The monoisotopic (exact) mass is 893 g/mol. The van der Waals surface area contributed by atoms with Crippen LogP contribution < -0.4 is 14.7 Å². The molecule has 360 valence electrons. The van der Waals surface area contributed by atoms with Gasteiger partial charge in [-0.2, -0.15) is 15.0 Å². The minimum atomic E-state index is -1.76. The van der Waals surface area contributed by atoms with Gasteiger partial charge in [0.05, 0.1) is 39.0 Å². The number of carbonyl (C=O) groups excluding carboxylic acids is 5. The Balaban J connectivity index is 2.32. The molecule has 0 aromatic carbocycles. The predicted molar refractivity (Wildman–Crippen MR) is 241 cm³/mol. The molecule has 63 heavy (non-hydrogen) atoms. The second kappa shape index (κ2) is 31.5. The van der Waals surface area contributed by atoms with E-state index in [0.717, 1.165) is 84.2 Å². The highest BCUT2D eigenvalue weighted by molar-refractivity contribution is 5.95. The summed E-state index contributed by atoms with van der Waals surface area (Å²) in [4.78, 5) is 90.4. The molecule has 1 saturated heterocycles. The van der Waals surface area contributed by atoms with Gasteiger partial charge in [-0.3, -0.25) is 14.4 Å². The largest absolute Gasteiger partial charge is 0.465 e. The van der Waals surface area contributed by atoms with E-state index in [-0.39, 0.29) is 33.0 Å². The lowest BCUT2D eigenvalue weighted by molar-refractivity contribution is -0.217. The Hall–Kier alpha value is -4.28. The lowest BCUT2D eigenvalue weighted by Crippen LogP contribution is -2.61. The maximum atomic E-state index is 14.1. The molecular formula is C46H80N6O11. The van der Waals surface area contributed by atoms with Crippen molar-refractivity contribution in [3.05, 3.63) is 0 Å². The molecule has 0 saturated carbocycles. The zero-order chi connectivity index (χ0) is 46.6. The van der Waals surface area contributed by atoms with Gasteiger partial charge in [-0.1, -0.05) is 68.7 Å². The normalized spacial score (nSPS) is 18.3. The summed E-state index contributed by atoms with van der Waals surface area (Å²) in [7, 11) is 0. The molecular weight excluding hydrogens is 813 g/mol. The van der Waals surface area contributed by atoms with E-state index in [1.807, 2.05) is 0 Å². The number of ether oxygens (including phenoxy) is 6. The SMILES string of the molecule is CCCOC(=O)C1OC(C(=O)OCCC)C(C(=O)OCCCCCCN(CCC)c2nc(N(CCC)CCC)nc(N(CCC)CCC)n2)C(C(=O)OCCC)C1C(=O)OCCC. The van der Waals surface area contributed by atoms with Crippen LogP contribution in [-0.2, 0) is 52.4 Å². The highest BCUT2D eigenvalue weighted by atomic mass is 16.6. The molecule has 17 nitrogen and oxygen atoms in total. The zero-order valence-electron chi connectivity index (χ0n) is 40.0. The minimum absolute atomic E-state index is 0.000462. The Morgan fingerprint density at radius 1 is 0.381 bits per heavy atom. The van der Waals surface area contributed by atoms with Crippen molar-refractivity contribution >= 4 is 47.7 Å². The van der Waals surface area contributed by atoms with Crippen molar-refractivity contribution in [3.8, 4) is 0 Å². The van der Waals surface area contributed by atoms with E-state index in [1.165, 1.54) is 0 Å². The van der Waals surface area contributed by atoms with E-state index < -0.39 is 59.8 Å². The third-order valence-corrected chi connectivity index (χ3v) is 10.3. The van der Waals surface area contributed by atoms with Crippen LogP contribution in [0.25, 0.3) is 0 Å². The molecule has 2 rings (SSSR count). The zero-order valence-corrected chi connectivity index (χ0v) is 40.0. The van der Waals surface area contributed by atoms with E-state index in [0.29, 0.717) is 56.4 Å². The number of unbranched alkanes of at least 4 members (excludes halogenated alkanes) is 3. The first-order valence-corrected chi connectivity index (χ1v) is 24.0. The molecule has 5 unspecified atom stereocenters. The summed E-state index contributed by atoms with van der Waals surface area (Å²) in [5.74, 6) is -7.68. The van der Waals surface area contributed by atoms with E-state index in [4.69, 9.17) is 43.4 Å². The molecule has 0 radical (unpaired) electrons. The molecule has 5 atom stereocenters. The fourth-order valence-electron chi connectivity index (χ4n) is 7.41. The van der Waals surface area contributed by atoms with Crippen molar-refractivity contribution in [3.63, 3.8) is 0 Å². The van der Waals surface area contributed by atoms with Gasteiger partial charge < -0.3 is 43.1 Å². The summed E-state index contributed by atoms with van der Waals surface area (Å²) in [6.45, 7) is 22.8. The number of aromatic nitrogens is 3. The average Bonchev–Trinajstić information content (AvgIpc) is 3.28. The van der Waals surface area contributed by atoms with Crippen LogP contribution in [-0.4, -0.2) is 129 Å². The van der Waals surface area contributed by atoms with E-state index in [1.54, 1.807) is 27.7 Å². The van der Waals surface area contributed by atoms with Gasteiger partial charge in [0.1, 0.15) is 11.8 Å². The summed E-state index contributed by atoms with van der Waals surface area (Å²) in [6, 6.07) is 0. The lowest BCUT2D eigenvalue weighted by Gasteiger charge is -2.41. The van der Waals surface area contributed by atoms with Gasteiger partial charge >= 0.3 is 29.8 Å². The summed E-state index contributed by atoms with van der Waals surface area (Å²) >= 11 is 0. The van der Waals surface area contributed by atoms with Crippen LogP contribution in [0.1, 0.15) is 146 Å². The first-order chi connectivity index (χ1) is 30.5. The number of hydrogen-bond acceptors (Lipinski definition) is 17. The van der Waals surface area contributed by atoms with Crippen LogP contribution in [0.5, 0.6) is 0 Å². The first kappa shape index (κ1) is 54.9. The van der Waals surface area contributed by atoms with Gasteiger partial charge in [0, 0.05) is 39.3 Å². The highest BCUT2D eigenvalue weighted by Gasteiger charge is 2.61. The molecule has 2 heterocycles. The molecule has 0 amide bonds. The number of rotatable bonds is 33. The Kier molecular flexibility index (Phi) is 27.5. The van der Waals surface area contributed by atoms with E-state index in [9.17, 15) is 24.0 Å². The van der Waals surface area contributed by atoms with Crippen molar-refractivity contribution < 1.29 is 52.4 Å². The molecule has 1 aliphatic heterocycles. The lowest BCUT2D eigenvalue weighted by atomic mass is 9.73. The van der Waals surface area contributed by atoms with Crippen LogP contribution in [0.3, 0.4) is 0 Å². The average molecular weight is 893 g/mol. The molecule has 17 heteroatoms. The molecule has 1 aromatic heterocycles. The summed E-state index contributed by atoms with van der Waals surface area (Å²) < 4.78 is 33.4. The maximum absolute atomic E-state index is 14.1. The number of esters is 5. The third-order valence-electron chi connectivity index (χ3n) is 10.3. The van der Waals surface area contributed by atoms with Crippen LogP contribution in [0.4, 0.5) is 17.8 Å². The van der Waals surface area contributed by atoms with Crippen molar-refractivity contribution in [1.29, 1.82) is 0 Å². The van der Waals surface area contributed by atoms with Crippen LogP contribution >= 0.6 is 0 Å². The number of anilines is 3. The van der Waals surface area contributed by atoms with E-state index >= 15 is 0 Å². The fourth-order valence-corrected chi connectivity index (χ4v) is 7.41. The molecule has 1 fully saturated rings. The Morgan fingerprint density at radius 3 is 1.03 bits per heavy atom. The highest BCUT2D eigenvalue weighted by Crippen LogP contribution is 2.40. The maximum Gasteiger partial charge on any atom is 0.336 e. The predicted octanol–water partition coefficient (Wildman–Crippen LogP) is 6.87.